The summed E-state index contributed by atoms with van der Waals surface area (Å²) in [6, 6.07) is 4.26. The average molecular weight is 248 g/mol. The van der Waals surface area contributed by atoms with Crippen LogP contribution in [-0.2, 0) is 4.79 Å². The first-order valence-corrected chi connectivity index (χ1v) is 5.39. The molecule has 0 bridgehead atoms. The van der Waals surface area contributed by atoms with E-state index in [1.807, 2.05) is 0 Å². The summed E-state index contributed by atoms with van der Waals surface area (Å²) < 4.78 is 4.95. The third-order valence-corrected chi connectivity index (χ3v) is 2.58. The molecule has 1 aromatic carbocycles. The normalized spacial score (nSPS) is 12.3. The predicted molar refractivity (Wildman–Crippen MR) is 65.7 cm³/mol. The van der Waals surface area contributed by atoms with Gasteiger partial charge in [0.1, 0.15) is 6.04 Å². The molecule has 0 saturated carbocycles. The van der Waals surface area contributed by atoms with Crippen molar-refractivity contribution in [3.63, 3.8) is 0 Å². The van der Waals surface area contributed by atoms with Gasteiger partial charge in [-0.2, -0.15) is 4.98 Å². The number of carbonyl (C=O) groups is 1. The van der Waals surface area contributed by atoms with Crippen molar-refractivity contribution in [1.29, 1.82) is 0 Å². The number of hydrogen-bond acceptors (Lipinski definition) is 5. The molecule has 0 aliphatic carbocycles. The number of aromatic nitrogens is 1. The number of carboxylic acid groups (broad SMARTS) is 1. The van der Waals surface area contributed by atoms with E-state index in [1.54, 1.807) is 25.1 Å². The molecule has 1 atom stereocenters. The summed E-state index contributed by atoms with van der Waals surface area (Å²) >= 11 is 0. The van der Waals surface area contributed by atoms with Crippen LogP contribution >= 0.6 is 0 Å². The van der Waals surface area contributed by atoms with Crippen molar-refractivity contribution in [2.24, 2.45) is 0 Å². The minimum atomic E-state index is -1.05. The van der Waals surface area contributed by atoms with E-state index in [0.717, 1.165) is 5.56 Å². The van der Waals surface area contributed by atoms with E-state index >= 15 is 0 Å². The number of aryl methyl sites for hydroxylation is 1. The molecule has 2 N–H and O–H groups in total. The van der Waals surface area contributed by atoms with E-state index in [1.165, 1.54) is 6.92 Å². The van der Waals surface area contributed by atoms with Gasteiger partial charge in [0.05, 0.1) is 10.9 Å². The molecule has 0 radical (unpaired) electrons. The van der Waals surface area contributed by atoms with Crippen LogP contribution in [0.1, 0.15) is 12.5 Å². The van der Waals surface area contributed by atoms with Crippen LogP contribution in [0.2, 0.25) is 0 Å². The summed E-state index contributed by atoms with van der Waals surface area (Å²) in [4.78, 5) is 26.6. The molecule has 0 aliphatic rings. The first kappa shape index (κ1) is 12.1. The molecule has 0 amide bonds. The van der Waals surface area contributed by atoms with E-state index in [-0.39, 0.29) is 6.01 Å². The number of rotatable bonds is 3. The first-order chi connectivity index (χ1) is 8.49. The minimum absolute atomic E-state index is 0.0898. The highest BCUT2D eigenvalue weighted by Gasteiger charge is 2.14. The van der Waals surface area contributed by atoms with Crippen LogP contribution < -0.4 is 10.9 Å². The van der Waals surface area contributed by atoms with Gasteiger partial charge >= 0.3 is 11.6 Å². The molecular formula is C12H12N2O4. The molecule has 6 nitrogen and oxygen atoms in total. The second kappa shape index (κ2) is 4.48. The van der Waals surface area contributed by atoms with Gasteiger partial charge in [-0.05, 0) is 25.5 Å². The molecule has 0 spiro atoms. The minimum Gasteiger partial charge on any atom is -0.480 e. The van der Waals surface area contributed by atoms with Gasteiger partial charge < -0.3 is 14.8 Å². The van der Waals surface area contributed by atoms with Gasteiger partial charge in [-0.15, -0.1) is 0 Å². The van der Waals surface area contributed by atoms with Crippen LogP contribution in [0.4, 0.5) is 6.01 Å². The van der Waals surface area contributed by atoms with Crippen molar-refractivity contribution in [2.75, 3.05) is 5.32 Å². The number of carboxylic acids is 1. The van der Waals surface area contributed by atoms with Crippen LogP contribution in [0.15, 0.2) is 27.4 Å². The highest BCUT2D eigenvalue weighted by Crippen LogP contribution is 2.14. The number of nitrogens with one attached hydrogen (secondary N) is 1. The highest BCUT2D eigenvalue weighted by molar-refractivity contribution is 5.81. The Hall–Kier alpha value is -2.37. The maximum Gasteiger partial charge on any atom is 0.348 e. The van der Waals surface area contributed by atoms with Gasteiger partial charge in [-0.3, -0.25) is 4.79 Å². The monoisotopic (exact) mass is 248 g/mol. The van der Waals surface area contributed by atoms with E-state index in [9.17, 15) is 9.59 Å². The van der Waals surface area contributed by atoms with Crippen LogP contribution in [0.25, 0.3) is 10.9 Å². The largest absolute Gasteiger partial charge is 0.480 e. The SMILES string of the molecule is Cc1cccc2nc(N[C@H](C)C(=O)O)oc(=O)c12. The number of nitrogens with zero attached hydrogens (tertiary/aromatic N) is 1. The Kier molecular flexibility index (Phi) is 3.01. The van der Waals surface area contributed by atoms with Gasteiger partial charge in [0.2, 0.25) is 0 Å². The van der Waals surface area contributed by atoms with Gasteiger partial charge in [0, 0.05) is 0 Å². The lowest BCUT2D eigenvalue weighted by Gasteiger charge is -2.08. The van der Waals surface area contributed by atoms with Crippen molar-refractivity contribution in [1.82, 2.24) is 4.98 Å². The Labute approximate surface area is 102 Å². The Morgan fingerprint density at radius 1 is 1.50 bits per heavy atom. The third kappa shape index (κ3) is 2.17. The van der Waals surface area contributed by atoms with Crippen molar-refractivity contribution in [3.05, 3.63) is 34.2 Å². The van der Waals surface area contributed by atoms with Gasteiger partial charge in [-0.25, -0.2) is 4.79 Å². The number of anilines is 1. The van der Waals surface area contributed by atoms with E-state index in [4.69, 9.17) is 9.52 Å². The number of aliphatic carboxylic acids is 1. The zero-order chi connectivity index (χ0) is 13.3. The van der Waals surface area contributed by atoms with Gasteiger partial charge in [-0.1, -0.05) is 12.1 Å². The van der Waals surface area contributed by atoms with Crippen LogP contribution in [-0.4, -0.2) is 22.1 Å². The molecule has 6 heteroatoms. The molecular weight excluding hydrogens is 236 g/mol. The zero-order valence-electron chi connectivity index (χ0n) is 9.93. The molecule has 0 unspecified atom stereocenters. The molecule has 0 aliphatic heterocycles. The molecule has 0 saturated heterocycles. The Balaban J connectivity index is 2.50. The lowest BCUT2D eigenvalue weighted by molar-refractivity contribution is -0.137. The lowest BCUT2D eigenvalue weighted by atomic mass is 10.1. The predicted octanol–water partition coefficient (Wildman–Crippen LogP) is 1.38. The Morgan fingerprint density at radius 2 is 2.22 bits per heavy atom. The van der Waals surface area contributed by atoms with Gasteiger partial charge in [0.15, 0.2) is 0 Å². The van der Waals surface area contributed by atoms with Gasteiger partial charge in [0.25, 0.3) is 6.01 Å². The molecule has 1 heterocycles. The topological polar surface area (TPSA) is 92.4 Å². The summed E-state index contributed by atoms with van der Waals surface area (Å²) in [6.07, 6.45) is 0. The summed E-state index contributed by atoms with van der Waals surface area (Å²) in [5.74, 6) is -1.05. The molecule has 1 aromatic heterocycles. The van der Waals surface area contributed by atoms with Crippen LogP contribution in [0.5, 0.6) is 0 Å². The number of fused-ring (bicyclic) bond motifs is 1. The fraction of sp³-hybridized carbons (Fsp3) is 0.250. The van der Waals surface area contributed by atoms with Crippen LogP contribution in [0, 0.1) is 6.92 Å². The highest BCUT2D eigenvalue weighted by atomic mass is 16.4. The fourth-order valence-electron chi connectivity index (χ4n) is 1.59. The Bertz CT molecular complexity index is 663. The maximum absolute atomic E-state index is 11.8. The fourth-order valence-corrected chi connectivity index (χ4v) is 1.59. The lowest BCUT2D eigenvalue weighted by Crippen LogP contribution is -2.26. The second-order valence-corrected chi connectivity index (χ2v) is 3.98. The number of benzene rings is 1. The summed E-state index contributed by atoms with van der Waals surface area (Å²) in [7, 11) is 0. The second-order valence-electron chi connectivity index (χ2n) is 3.98. The first-order valence-electron chi connectivity index (χ1n) is 5.39. The average Bonchev–Trinajstić information content (AvgIpc) is 2.28. The van der Waals surface area contributed by atoms with E-state index < -0.39 is 17.6 Å². The van der Waals surface area contributed by atoms with Crippen molar-refractivity contribution in [3.8, 4) is 0 Å². The van der Waals surface area contributed by atoms with Crippen molar-refractivity contribution in [2.45, 2.75) is 19.9 Å². The Morgan fingerprint density at radius 3 is 2.89 bits per heavy atom. The van der Waals surface area contributed by atoms with Crippen LogP contribution in [0.3, 0.4) is 0 Å². The molecule has 94 valence electrons. The van der Waals surface area contributed by atoms with Crippen molar-refractivity contribution >= 4 is 22.9 Å². The molecule has 2 rings (SSSR count). The summed E-state index contributed by atoms with van der Waals surface area (Å²) in [5.41, 5.74) is 0.719. The van der Waals surface area contributed by atoms with Crippen molar-refractivity contribution < 1.29 is 14.3 Å². The van der Waals surface area contributed by atoms with E-state index in [2.05, 4.69) is 10.3 Å². The third-order valence-electron chi connectivity index (χ3n) is 2.58. The molecule has 0 fully saturated rings. The zero-order valence-corrected chi connectivity index (χ0v) is 9.93. The quantitative estimate of drug-likeness (QED) is 0.852. The maximum atomic E-state index is 11.8. The molecule has 18 heavy (non-hydrogen) atoms. The smallest absolute Gasteiger partial charge is 0.348 e. The summed E-state index contributed by atoms with van der Waals surface area (Å²) in [6.45, 7) is 3.22. The summed E-state index contributed by atoms with van der Waals surface area (Å²) in [5, 5.41) is 11.7. The molecule has 2 aromatic rings. The number of hydrogen-bond donors (Lipinski definition) is 2. The van der Waals surface area contributed by atoms with E-state index in [0.29, 0.717) is 10.9 Å². The standard InChI is InChI=1S/C12H12N2O4/c1-6-4-3-5-8-9(6)11(17)18-12(14-8)13-7(2)10(15)16/h3-5,7H,1-2H3,(H,13,14)(H,15,16)/t7-/m1/s1.